The van der Waals surface area contributed by atoms with Crippen molar-refractivity contribution in [3.05, 3.63) is 96.8 Å². The van der Waals surface area contributed by atoms with Crippen LogP contribution in [-0.4, -0.2) is 33.0 Å². The molecular formula is C32H32N6. The molecule has 0 saturated carbocycles. The van der Waals surface area contributed by atoms with Crippen LogP contribution in [0.25, 0.3) is 44.8 Å². The van der Waals surface area contributed by atoms with E-state index in [9.17, 15) is 0 Å². The minimum absolute atomic E-state index is 0.357. The van der Waals surface area contributed by atoms with Crippen molar-refractivity contribution in [3.8, 4) is 44.8 Å². The van der Waals surface area contributed by atoms with Crippen molar-refractivity contribution in [1.82, 2.24) is 30.6 Å². The van der Waals surface area contributed by atoms with Crippen molar-refractivity contribution >= 4 is 0 Å². The van der Waals surface area contributed by atoms with E-state index in [0.29, 0.717) is 12.1 Å². The summed E-state index contributed by atoms with van der Waals surface area (Å²) in [5.74, 6) is 2.08. The standard InChI is InChI=1S/C32H32N6/c1-3-27(33-17-1)31-35-19-29(37-31)25-13-9-23(10-14-25)21-5-7-22(8-6-21)24-11-15-26(16-12-24)30-20-36-32(38-30)28-4-2-18-34-28/h5-16,19-20,27-28,33-34H,1-4,17-18H2,(H,35,37)(H,36,38)/t27-,28-/m0/s1. The molecule has 38 heavy (non-hydrogen) atoms. The quantitative estimate of drug-likeness (QED) is 0.210. The molecule has 2 fully saturated rings. The summed E-state index contributed by atoms with van der Waals surface area (Å²) < 4.78 is 0. The van der Waals surface area contributed by atoms with Gasteiger partial charge in [-0.25, -0.2) is 9.97 Å². The average molecular weight is 501 g/mol. The lowest BCUT2D eigenvalue weighted by Gasteiger charge is -2.08. The van der Waals surface area contributed by atoms with Crippen molar-refractivity contribution in [1.29, 1.82) is 0 Å². The smallest absolute Gasteiger partial charge is 0.123 e. The Kier molecular flexibility index (Phi) is 6.12. The van der Waals surface area contributed by atoms with Crippen LogP contribution in [0.2, 0.25) is 0 Å². The number of nitrogens with zero attached hydrogens (tertiary/aromatic N) is 2. The zero-order valence-electron chi connectivity index (χ0n) is 21.4. The molecular weight excluding hydrogens is 468 g/mol. The van der Waals surface area contributed by atoms with Gasteiger partial charge in [0.15, 0.2) is 0 Å². The van der Waals surface area contributed by atoms with Gasteiger partial charge in [0.1, 0.15) is 11.6 Å². The van der Waals surface area contributed by atoms with Gasteiger partial charge < -0.3 is 20.6 Å². The van der Waals surface area contributed by atoms with Gasteiger partial charge in [-0.2, -0.15) is 0 Å². The maximum absolute atomic E-state index is 4.61. The summed E-state index contributed by atoms with van der Waals surface area (Å²) in [6.45, 7) is 2.15. The molecule has 0 radical (unpaired) electrons. The lowest BCUT2D eigenvalue weighted by Crippen LogP contribution is -2.14. The van der Waals surface area contributed by atoms with Gasteiger partial charge in [0, 0.05) is 0 Å². The molecule has 4 heterocycles. The third-order valence-corrected chi connectivity index (χ3v) is 7.92. The van der Waals surface area contributed by atoms with E-state index < -0.39 is 0 Å². The van der Waals surface area contributed by atoms with Crippen LogP contribution < -0.4 is 10.6 Å². The average Bonchev–Trinajstić information content (AvgIpc) is 3.80. The van der Waals surface area contributed by atoms with Crippen LogP contribution in [0.15, 0.2) is 85.2 Å². The maximum atomic E-state index is 4.61. The predicted octanol–water partition coefficient (Wildman–Crippen LogP) is 6.65. The van der Waals surface area contributed by atoms with E-state index >= 15 is 0 Å². The fourth-order valence-corrected chi connectivity index (χ4v) is 5.70. The van der Waals surface area contributed by atoms with Crippen molar-refractivity contribution in [3.63, 3.8) is 0 Å². The highest BCUT2D eigenvalue weighted by Gasteiger charge is 2.20. The summed E-state index contributed by atoms with van der Waals surface area (Å²) >= 11 is 0. The molecule has 0 unspecified atom stereocenters. The molecule has 2 saturated heterocycles. The number of hydrogen-bond acceptors (Lipinski definition) is 4. The molecule has 7 rings (SSSR count). The van der Waals surface area contributed by atoms with Gasteiger partial charge in [0.25, 0.3) is 0 Å². The van der Waals surface area contributed by atoms with Crippen molar-refractivity contribution in [2.24, 2.45) is 0 Å². The molecule has 0 amide bonds. The zero-order chi connectivity index (χ0) is 25.3. The van der Waals surface area contributed by atoms with E-state index in [-0.39, 0.29) is 0 Å². The number of aromatic amines is 2. The fraction of sp³-hybridized carbons (Fsp3) is 0.250. The second-order valence-electron chi connectivity index (χ2n) is 10.4. The second-order valence-corrected chi connectivity index (χ2v) is 10.4. The Hall–Kier alpha value is -4.00. The monoisotopic (exact) mass is 500 g/mol. The summed E-state index contributed by atoms with van der Waals surface area (Å²) in [5, 5.41) is 7.01. The van der Waals surface area contributed by atoms with Crippen LogP contribution >= 0.6 is 0 Å². The SMILES string of the molecule is c1cc(-c2ccc(-c3cnc([C@@H]4CCCN4)[nH]3)cc2)ccc1-c1ccc(-c2cnc([C@@H]3CCCN3)[nH]2)cc1. The van der Waals surface area contributed by atoms with E-state index in [4.69, 9.17) is 0 Å². The van der Waals surface area contributed by atoms with Crippen molar-refractivity contribution < 1.29 is 0 Å². The second kappa shape index (κ2) is 10.0. The molecule has 0 spiro atoms. The first-order valence-electron chi connectivity index (χ1n) is 13.7. The number of aromatic nitrogens is 4. The molecule has 2 aliphatic rings. The van der Waals surface area contributed by atoms with E-state index in [1.54, 1.807) is 0 Å². The molecule has 0 aliphatic carbocycles. The van der Waals surface area contributed by atoms with Crippen molar-refractivity contribution in [2.45, 2.75) is 37.8 Å². The van der Waals surface area contributed by atoms with Gasteiger partial charge in [-0.3, -0.25) is 0 Å². The Bertz CT molecular complexity index is 1380. The zero-order valence-corrected chi connectivity index (χ0v) is 21.4. The predicted molar refractivity (Wildman–Crippen MR) is 152 cm³/mol. The molecule has 2 atom stereocenters. The molecule has 6 heteroatoms. The van der Waals surface area contributed by atoms with Gasteiger partial charge in [0.05, 0.1) is 35.9 Å². The van der Waals surface area contributed by atoms with E-state index in [1.807, 2.05) is 12.4 Å². The normalized spacial score (nSPS) is 19.3. The molecule has 190 valence electrons. The van der Waals surface area contributed by atoms with Gasteiger partial charge in [0.2, 0.25) is 0 Å². The minimum atomic E-state index is 0.357. The van der Waals surface area contributed by atoms with Gasteiger partial charge in [-0.15, -0.1) is 0 Å². The number of benzene rings is 3. The first-order chi connectivity index (χ1) is 18.8. The highest BCUT2D eigenvalue weighted by Crippen LogP contribution is 2.30. The highest BCUT2D eigenvalue weighted by atomic mass is 15.0. The number of H-pyrrole nitrogens is 2. The lowest BCUT2D eigenvalue weighted by molar-refractivity contribution is 0.613. The molecule has 6 nitrogen and oxygen atoms in total. The Morgan fingerprint density at radius 1 is 0.474 bits per heavy atom. The Morgan fingerprint density at radius 2 is 0.816 bits per heavy atom. The minimum Gasteiger partial charge on any atom is -0.341 e. The summed E-state index contributed by atoms with van der Waals surface area (Å²) in [6.07, 6.45) is 8.61. The van der Waals surface area contributed by atoms with Crippen molar-refractivity contribution in [2.75, 3.05) is 13.1 Å². The third kappa shape index (κ3) is 4.57. The van der Waals surface area contributed by atoms with Crippen LogP contribution in [0, 0.1) is 0 Å². The molecule has 2 aliphatic heterocycles. The number of rotatable bonds is 6. The summed E-state index contributed by atoms with van der Waals surface area (Å²) in [7, 11) is 0. The van der Waals surface area contributed by atoms with Crippen LogP contribution in [0.1, 0.15) is 49.4 Å². The fourth-order valence-electron chi connectivity index (χ4n) is 5.70. The van der Waals surface area contributed by atoms with Crippen LogP contribution in [0.4, 0.5) is 0 Å². The topological polar surface area (TPSA) is 81.4 Å². The largest absolute Gasteiger partial charge is 0.341 e. The van der Waals surface area contributed by atoms with Gasteiger partial charge in [-0.1, -0.05) is 72.8 Å². The maximum Gasteiger partial charge on any atom is 0.123 e. The highest BCUT2D eigenvalue weighted by molar-refractivity contribution is 5.73. The molecule has 3 aromatic carbocycles. The van der Waals surface area contributed by atoms with Crippen LogP contribution in [0.5, 0.6) is 0 Å². The molecule has 4 N–H and O–H groups in total. The Morgan fingerprint density at radius 3 is 1.13 bits per heavy atom. The van der Waals surface area contributed by atoms with E-state index in [1.165, 1.54) is 35.1 Å². The molecule has 5 aromatic rings. The Labute approximate surface area is 223 Å². The van der Waals surface area contributed by atoms with Crippen LogP contribution in [-0.2, 0) is 0 Å². The van der Waals surface area contributed by atoms with Gasteiger partial charge in [-0.05, 0) is 72.2 Å². The summed E-state index contributed by atoms with van der Waals surface area (Å²) in [6, 6.07) is 27.0. The third-order valence-electron chi connectivity index (χ3n) is 7.92. The number of hydrogen-bond donors (Lipinski definition) is 4. The van der Waals surface area contributed by atoms with Gasteiger partial charge >= 0.3 is 0 Å². The van der Waals surface area contributed by atoms with E-state index in [2.05, 4.69) is 103 Å². The number of nitrogens with one attached hydrogen (secondary N) is 4. The lowest BCUT2D eigenvalue weighted by atomic mass is 9.98. The summed E-state index contributed by atoms with van der Waals surface area (Å²) in [5.41, 5.74) is 9.29. The first-order valence-corrected chi connectivity index (χ1v) is 13.7. The van der Waals surface area contributed by atoms with E-state index in [0.717, 1.165) is 60.1 Å². The first kappa shape index (κ1) is 23.1. The molecule has 2 aromatic heterocycles. The molecule has 0 bridgehead atoms. The summed E-state index contributed by atoms with van der Waals surface area (Å²) in [4.78, 5) is 16.2. The number of imidazole rings is 2. The van der Waals surface area contributed by atoms with Crippen LogP contribution in [0.3, 0.4) is 0 Å². The Balaban J connectivity index is 1.03.